The predicted molar refractivity (Wildman–Crippen MR) is 108 cm³/mol. The molecule has 132 valence electrons. The molecule has 0 saturated heterocycles. The number of fused-ring (bicyclic) bond motifs is 2. The zero-order valence-corrected chi connectivity index (χ0v) is 15.9. The highest BCUT2D eigenvalue weighted by Gasteiger charge is 2.59. The second-order valence-electron chi connectivity index (χ2n) is 7.58. The van der Waals surface area contributed by atoms with Crippen LogP contribution in [-0.2, 0) is 12.0 Å². The molecule has 0 radical (unpaired) electrons. The smallest absolute Gasteiger partial charge is 0.374 e. The van der Waals surface area contributed by atoms with Crippen molar-refractivity contribution >= 4 is 11.8 Å². The summed E-state index contributed by atoms with van der Waals surface area (Å²) >= 11 is 1.87. The minimum Gasteiger partial charge on any atom is -0.404 e. The van der Waals surface area contributed by atoms with Crippen LogP contribution >= 0.6 is 11.8 Å². The maximum absolute atomic E-state index is 6.39. The van der Waals surface area contributed by atoms with Crippen LogP contribution in [0.4, 0.5) is 0 Å². The molecule has 3 aromatic carbocycles. The lowest BCUT2D eigenvalue weighted by Crippen LogP contribution is -2.63. The molecule has 2 nitrogen and oxygen atoms in total. The third kappa shape index (κ3) is 1.61. The Kier molecular flexibility index (Phi) is 2.70. The largest absolute Gasteiger partial charge is 0.404 e. The molecule has 0 fully saturated rings. The van der Waals surface area contributed by atoms with Crippen molar-refractivity contribution in [3.05, 3.63) is 113 Å². The molecule has 1 aromatic heterocycles. The van der Waals surface area contributed by atoms with E-state index in [4.69, 9.17) is 4.74 Å². The summed E-state index contributed by atoms with van der Waals surface area (Å²) in [6, 6.07) is 28.4. The van der Waals surface area contributed by atoms with Crippen molar-refractivity contribution in [2.45, 2.75) is 21.8 Å². The third-order valence-corrected chi connectivity index (χ3v) is 7.35. The number of hydrogen-bond donors (Lipinski definition) is 0. The first kappa shape index (κ1) is 14.9. The van der Waals surface area contributed by atoms with Gasteiger partial charge in [-0.2, -0.15) is 0 Å². The van der Waals surface area contributed by atoms with E-state index in [0.717, 1.165) is 18.1 Å². The van der Waals surface area contributed by atoms with Gasteiger partial charge in [0, 0.05) is 21.4 Å². The van der Waals surface area contributed by atoms with E-state index in [-0.39, 0.29) is 5.54 Å². The fraction of sp³-hybridized carbons (Fsp3) is 0.0800. The summed E-state index contributed by atoms with van der Waals surface area (Å²) in [5.74, 6) is 1.85. The Labute approximate surface area is 167 Å². The maximum atomic E-state index is 6.39. The standard InChI is InChI=1S/C25H16NOS/c1-2-9-18-16(7-1)15-17-8-5-11-20-23(17)25(18)24-19(10-6-12-21(24)28-20)27-22-13-3-4-14-26(22)25/h1-14H,15H2/q+1. The van der Waals surface area contributed by atoms with Crippen LogP contribution in [0.3, 0.4) is 0 Å². The molecule has 3 heteroatoms. The van der Waals surface area contributed by atoms with Gasteiger partial charge in [0.05, 0.1) is 17.2 Å². The summed E-state index contributed by atoms with van der Waals surface area (Å²) in [5.41, 5.74) is 6.48. The van der Waals surface area contributed by atoms with E-state index < -0.39 is 0 Å². The lowest BCUT2D eigenvalue weighted by molar-refractivity contribution is -0.742. The molecular weight excluding hydrogens is 362 g/mol. The van der Waals surface area contributed by atoms with Gasteiger partial charge in [0.25, 0.3) is 5.54 Å². The number of benzene rings is 3. The molecule has 4 aromatic rings. The van der Waals surface area contributed by atoms with Gasteiger partial charge in [0.2, 0.25) is 0 Å². The van der Waals surface area contributed by atoms with Gasteiger partial charge in [-0.05, 0) is 41.8 Å². The highest BCUT2D eigenvalue weighted by Crippen LogP contribution is 2.59. The van der Waals surface area contributed by atoms with Crippen molar-refractivity contribution in [3.8, 4) is 11.6 Å². The highest BCUT2D eigenvalue weighted by molar-refractivity contribution is 7.99. The second-order valence-corrected chi connectivity index (χ2v) is 8.66. The monoisotopic (exact) mass is 378 g/mol. The van der Waals surface area contributed by atoms with Crippen LogP contribution in [0.25, 0.3) is 0 Å². The first-order valence-electron chi connectivity index (χ1n) is 9.58. The zero-order valence-electron chi connectivity index (χ0n) is 15.1. The van der Waals surface area contributed by atoms with Crippen LogP contribution in [0.5, 0.6) is 11.6 Å². The summed E-state index contributed by atoms with van der Waals surface area (Å²) in [4.78, 5) is 2.63. The van der Waals surface area contributed by atoms with Crippen molar-refractivity contribution in [2.24, 2.45) is 0 Å². The number of nitrogens with zero attached hydrogens (tertiary/aromatic N) is 1. The Hall–Kier alpha value is -3.04. The number of hydrogen-bond acceptors (Lipinski definition) is 2. The fourth-order valence-electron chi connectivity index (χ4n) is 5.27. The molecule has 1 atom stereocenters. The Balaban J connectivity index is 1.77. The van der Waals surface area contributed by atoms with Crippen molar-refractivity contribution < 1.29 is 9.30 Å². The van der Waals surface area contributed by atoms with Crippen LogP contribution in [0.15, 0.2) is 94.9 Å². The lowest BCUT2D eigenvalue weighted by Gasteiger charge is -2.43. The summed E-state index contributed by atoms with van der Waals surface area (Å²) in [6.45, 7) is 0. The van der Waals surface area contributed by atoms with Gasteiger partial charge in [-0.25, -0.2) is 0 Å². The topological polar surface area (TPSA) is 13.1 Å². The van der Waals surface area contributed by atoms with E-state index in [0.29, 0.717) is 0 Å². The van der Waals surface area contributed by atoms with Crippen molar-refractivity contribution in [1.29, 1.82) is 0 Å². The number of ether oxygens (including phenoxy) is 1. The molecule has 0 bridgehead atoms. The molecule has 0 saturated carbocycles. The summed E-state index contributed by atoms with van der Waals surface area (Å²) < 4.78 is 8.74. The molecule has 2 aliphatic heterocycles. The molecule has 1 spiro atoms. The van der Waals surface area contributed by atoms with Gasteiger partial charge in [-0.15, -0.1) is 4.57 Å². The van der Waals surface area contributed by atoms with E-state index in [1.165, 1.54) is 37.6 Å². The number of pyridine rings is 1. The SMILES string of the molecule is c1ccc2c(c1)Cc1cccc3c1C21c2c(cccc2S3)Oc2cccc[n+]21. The normalized spacial score (nSPS) is 19.6. The molecule has 1 aliphatic carbocycles. The van der Waals surface area contributed by atoms with E-state index >= 15 is 0 Å². The fourth-order valence-corrected chi connectivity index (χ4v) is 6.54. The van der Waals surface area contributed by atoms with Crippen LogP contribution in [0, 0.1) is 0 Å². The summed E-state index contributed by atoms with van der Waals surface area (Å²) in [7, 11) is 0. The first-order chi connectivity index (χ1) is 13.9. The molecule has 1 unspecified atom stereocenters. The van der Waals surface area contributed by atoms with Crippen molar-refractivity contribution in [2.75, 3.05) is 0 Å². The molecule has 3 heterocycles. The third-order valence-electron chi connectivity index (χ3n) is 6.23. The van der Waals surface area contributed by atoms with Gasteiger partial charge in [-0.1, -0.05) is 54.2 Å². The van der Waals surface area contributed by atoms with Gasteiger partial charge in [0.1, 0.15) is 5.75 Å². The second kappa shape index (κ2) is 5.06. The van der Waals surface area contributed by atoms with Gasteiger partial charge >= 0.3 is 5.88 Å². The Bertz CT molecular complexity index is 1180. The summed E-state index contributed by atoms with van der Waals surface area (Å²) in [5, 5.41) is 0. The van der Waals surface area contributed by atoms with Crippen LogP contribution in [-0.4, -0.2) is 0 Å². The van der Waals surface area contributed by atoms with Crippen molar-refractivity contribution in [1.82, 2.24) is 0 Å². The quantitative estimate of drug-likeness (QED) is 0.333. The lowest BCUT2D eigenvalue weighted by atomic mass is 9.67. The average molecular weight is 378 g/mol. The minimum absolute atomic E-state index is 0.382. The Morgan fingerprint density at radius 2 is 1.54 bits per heavy atom. The Morgan fingerprint density at radius 3 is 2.50 bits per heavy atom. The van der Waals surface area contributed by atoms with E-state index in [2.05, 4.69) is 89.6 Å². The molecule has 0 N–H and O–H groups in total. The summed E-state index contributed by atoms with van der Waals surface area (Å²) in [6.07, 6.45) is 3.15. The number of rotatable bonds is 0. The maximum Gasteiger partial charge on any atom is 0.374 e. The van der Waals surface area contributed by atoms with Crippen LogP contribution in [0.2, 0.25) is 0 Å². The first-order valence-corrected chi connectivity index (χ1v) is 10.4. The molecule has 0 amide bonds. The number of aromatic nitrogens is 1. The van der Waals surface area contributed by atoms with Gasteiger partial charge in [-0.3, -0.25) is 0 Å². The van der Waals surface area contributed by atoms with Crippen molar-refractivity contribution in [3.63, 3.8) is 0 Å². The molecule has 7 rings (SSSR count). The van der Waals surface area contributed by atoms with E-state index in [9.17, 15) is 0 Å². The molecule has 28 heavy (non-hydrogen) atoms. The Morgan fingerprint density at radius 1 is 0.750 bits per heavy atom. The molecular formula is C25H16NOS+. The van der Waals surface area contributed by atoms with Crippen LogP contribution < -0.4 is 9.30 Å². The minimum atomic E-state index is -0.382. The van der Waals surface area contributed by atoms with Crippen LogP contribution in [0.1, 0.15) is 27.8 Å². The van der Waals surface area contributed by atoms with E-state index in [1.807, 2.05) is 11.8 Å². The van der Waals surface area contributed by atoms with Gasteiger partial charge < -0.3 is 4.74 Å². The average Bonchev–Trinajstić information content (AvgIpc) is 2.74. The molecule has 3 aliphatic rings. The highest BCUT2D eigenvalue weighted by atomic mass is 32.2. The van der Waals surface area contributed by atoms with E-state index in [1.54, 1.807) is 0 Å². The zero-order chi connectivity index (χ0) is 18.3. The van der Waals surface area contributed by atoms with Gasteiger partial charge in [0.15, 0.2) is 6.20 Å². The predicted octanol–water partition coefficient (Wildman–Crippen LogP) is 5.29.